The number of halogens is 1. The molecule has 0 aliphatic carbocycles. The van der Waals surface area contributed by atoms with Gasteiger partial charge >= 0.3 is 0 Å². The lowest BCUT2D eigenvalue weighted by Crippen LogP contribution is -2.23. The summed E-state index contributed by atoms with van der Waals surface area (Å²) in [6.07, 6.45) is 3.54. The van der Waals surface area contributed by atoms with E-state index < -0.39 is 0 Å². The average molecular weight is 266 g/mol. The molecule has 0 radical (unpaired) electrons. The van der Waals surface area contributed by atoms with Gasteiger partial charge in [0, 0.05) is 23.0 Å². The summed E-state index contributed by atoms with van der Waals surface area (Å²) in [5.74, 6) is 1.64. The van der Waals surface area contributed by atoms with Gasteiger partial charge in [-0.25, -0.2) is 4.98 Å². The van der Waals surface area contributed by atoms with Gasteiger partial charge in [-0.2, -0.15) is 0 Å². The van der Waals surface area contributed by atoms with Gasteiger partial charge in [0.2, 0.25) is 0 Å². The molecule has 0 saturated carbocycles. The van der Waals surface area contributed by atoms with Gasteiger partial charge in [0.25, 0.3) is 0 Å². The zero-order valence-electron chi connectivity index (χ0n) is 10.4. The molecule has 0 spiro atoms. The minimum atomic E-state index is -0.0568. The second kappa shape index (κ2) is 5.89. The minimum absolute atomic E-state index is 0.0568. The van der Waals surface area contributed by atoms with Crippen LogP contribution in [0.4, 0.5) is 0 Å². The molecule has 0 bridgehead atoms. The monoisotopic (exact) mass is 265 g/mol. The second-order valence-electron chi connectivity index (χ2n) is 3.85. The number of nitrogens with zero attached hydrogens (tertiary/aromatic N) is 1. The number of nitrogens with one attached hydrogen (secondary N) is 2. The van der Waals surface area contributed by atoms with Crippen LogP contribution in [-0.4, -0.2) is 23.6 Å². The second-order valence-corrected chi connectivity index (χ2v) is 4.29. The minimum Gasteiger partial charge on any atom is -0.496 e. The maximum Gasteiger partial charge on any atom is 0.127 e. The SMILES string of the molecule is CCNC(c1ncc[nH]1)c1cc(Cl)ccc1OC. The third-order valence-electron chi connectivity index (χ3n) is 2.70. The van der Waals surface area contributed by atoms with Crippen molar-refractivity contribution in [2.24, 2.45) is 0 Å². The highest BCUT2D eigenvalue weighted by Gasteiger charge is 2.19. The molecular formula is C13H16ClN3O. The predicted octanol–water partition coefficient (Wildman–Crippen LogP) is 2.77. The molecule has 1 heterocycles. The molecule has 0 amide bonds. The number of H-pyrrole nitrogens is 1. The Morgan fingerprint density at radius 3 is 2.94 bits per heavy atom. The molecule has 96 valence electrons. The van der Waals surface area contributed by atoms with E-state index in [0.29, 0.717) is 5.02 Å². The summed E-state index contributed by atoms with van der Waals surface area (Å²) in [4.78, 5) is 7.42. The van der Waals surface area contributed by atoms with Crippen molar-refractivity contribution in [2.75, 3.05) is 13.7 Å². The van der Waals surface area contributed by atoms with Gasteiger partial charge in [0.05, 0.1) is 13.2 Å². The van der Waals surface area contributed by atoms with E-state index >= 15 is 0 Å². The van der Waals surface area contributed by atoms with Crippen LogP contribution in [0.15, 0.2) is 30.6 Å². The van der Waals surface area contributed by atoms with Gasteiger partial charge in [0.1, 0.15) is 11.6 Å². The Balaban J connectivity index is 2.45. The number of imidazole rings is 1. The van der Waals surface area contributed by atoms with Crippen molar-refractivity contribution >= 4 is 11.6 Å². The predicted molar refractivity (Wildman–Crippen MR) is 72.1 cm³/mol. The molecule has 18 heavy (non-hydrogen) atoms. The third-order valence-corrected chi connectivity index (χ3v) is 2.94. The molecule has 0 fully saturated rings. The van der Waals surface area contributed by atoms with Crippen molar-refractivity contribution in [3.8, 4) is 5.75 Å². The summed E-state index contributed by atoms with van der Waals surface area (Å²) in [6, 6.07) is 5.52. The van der Waals surface area contributed by atoms with E-state index in [0.717, 1.165) is 23.7 Å². The van der Waals surface area contributed by atoms with Crippen molar-refractivity contribution in [1.29, 1.82) is 0 Å². The van der Waals surface area contributed by atoms with Crippen molar-refractivity contribution < 1.29 is 4.74 Å². The molecule has 1 aromatic carbocycles. The molecule has 1 aromatic heterocycles. The van der Waals surface area contributed by atoms with Gasteiger partial charge in [0.15, 0.2) is 0 Å². The smallest absolute Gasteiger partial charge is 0.127 e. The fraction of sp³-hybridized carbons (Fsp3) is 0.308. The van der Waals surface area contributed by atoms with E-state index in [1.54, 1.807) is 19.5 Å². The normalized spacial score (nSPS) is 12.4. The number of methoxy groups -OCH3 is 1. The molecule has 2 N–H and O–H groups in total. The number of rotatable bonds is 5. The Hall–Kier alpha value is -1.52. The van der Waals surface area contributed by atoms with Crippen molar-refractivity contribution in [2.45, 2.75) is 13.0 Å². The fourth-order valence-corrected chi connectivity index (χ4v) is 2.10. The van der Waals surface area contributed by atoms with Gasteiger partial charge in [-0.3, -0.25) is 0 Å². The lowest BCUT2D eigenvalue weighted by Gasteiger charge is -2.19. The highest BCUT2D eigenvalue weighted by Crippen LogP contribution is 2.30. The standard InChI is InChI=1S/C13H16ClN3O/c1-3-15-12(13-16-6-7-17-13)10-8-9(14)4-5-11(10)18-2/h4-8,12,15H,3H2,1-2H3,(H,16,17). The molecule has 2 aromatic rings. The first kappa shape index (κ1) is 12.9. The van der Waals surface area contributed by atoms with Crippen molar-refractivity contribution in [1.82, 2.24) is 15.3 Å². The summed E-state index contributed by atoms with van der Waals surface area (Å²) in [5.41, 5.74) is 0.974. The van der Waals surface area contributed by atoms with E-state index in [4.69, 9.17) is 16.3 Å². The molecule has 5 heteroatoms. The molecule has 1 atom stereocenters. The molecule has 0 aliphatic rings. The van der Waals surface area contributed by atoms with Gasteiger partial charge in [-0.05, 0) is 24.7 Å². The number of ether oxygens (including phenoxy) is 1. The van der Waals surface area contributed by atoms with Gasteiger partial charge < -0.3 is 15.0 Å². The maximum absolute atomic E-state index is 6.07. The first-order valence-electron chi connectivity index (χ1n) is 5.82. The molecule has 1 unspecified atom stereocenters. The molecule has 2 rings (SSSR count). The first-order valence-corrected chi connectivity index (χ1v) is 6.20. The van der Waals surface area contributed by atoms with Gasteiger partial charge in [-0.15, -0.1) is 0 Å². The topological polar surface area (TPSA) is 49.9 Å². The first-order chi connectivity index (χ1) is 8.76. The maximum atomic E-state index is 6.07. The van der Waals surface area contributed by atoms with Crippen LogP contribution >= 0.6 is 11.6 Å². The van der Waals surface area contributed by atoms with Crippen molar-refractivity contribution in [3.05, 3.63) is 47.0 Å². The number of aromatic nitrogens is 2. The Labute approximate surface area is 111 Å². The van der Waals surface area contributed by atoms with E-state index in [1.165, 1.54) is 0 Å². The van der Waals surface area contributed by atoms with Crippen LogP contribution in [0, 0.1) is 0 Å². The number of hydrogen-bond acceptors (Lipinski definition) is 3. The van der Waals surface area contributed by atoms with Crippen LogP contribution in [-0.2, 0) is 0 Å². The number of benzene rings is 1. The Bertz CT molecular complexity index is 499. The van der Waals surface area contributed by atoms with Crippen LogP contribution in [0.5, 0.6) is 5.75 Å². The highest BCUT2D eigenvalue weighted by molar-refractivity contribution is 6.30. The Morgan fingerprint density at radius 2 is 2.33 bits per heavy atom. The quantitative estimate of drug-likeness (QED) is 0.874. The number of hydrogen-bond donors (Lipinski definition) is 2. The summed E-state index contributed by atoms with van der Waals surface area (Å²) < 4.78 is 5.39. The van der Waals surface area contributed by atoms with Crippen LogP contribution in [0.3, 0.4) is 0 Å². The van der Waals surface area contributed by atoms with E-state index in [2.05, 4.69) is 15.3 Å². The number of aromatic amines is 1. The Kier molecular flexibility index (Phi) is 4.23. The van der Waals surface area contributed by atoms with E-state index in [-0.39, 0.29) is 6.04 Å². The summed E-state index contributed by atoms with van der Waals surface area (Å²) in [7, 11) is 1.65. The summed E-state index contributed by atoms with van der Waals surface area (Å²) in [5, 5.41) is 4.05. The lowest BCUT2D eigenvalue weighted by molar-refractivity contribution is 0.403. The van der Waals surface area contributed by atoms with Gasteiger partial charge in [-0.1, -0.05) is 18.5 Å². The average Bonchev–Trinajstić information content (AvgIpc) is 2.89. The van der Waals surface area contributed by atoms with Crippen LogP contribution in [0.25, 0.3) is 0 Å². The molecular weight excluding hydrogens is 250 g/mol. The Morgan fingerprint density at radius 1 is 1.50 bits per heavy atom. The van der Waals surface area contributed by atoms with E-state index in [1.807, 2.05) is 25.1 Å². The third kappa shape index (κ3) is 2.66. The fourth-order valence-electron chi connectivity index (χ4n) is 1.92. The summed E-state index contributed by atoms with van der Waals surface area (Å²) in [6.45, 7) is 2.87. The van der Waals surface area contributed by atoms with E-state index in [9.17, 15) is 0 Å². The lowest BCUT2D eigenvalue weighted by atomic mass is 10.0. The van der Waals surface area contributed by atoms with Crippen LogP contribution in [0.1, 0.15) is 24.4 Å². The van der Waals surface area contributed by atoms with Crippen LogP contribution < -0.4 is 10.1 Å². The highest BCUT2D eigenvalue weighted by atomic mass is 35.5. The molecule has 0 saturated heterocycles. The van der Waals surface area contributed by atoms with Crippen molar-refractivity contribution in [3.63, 3.8) is 0 Å². The molecule has 0 aliphatic heterocycles. The zero-order valence-corrected chi connectivity index (χ0v) is 11.2. The van der Waals surface area contributed by atoms with Crippen LogP contribution in [0.2, 0.25) is 5.02 Å². The largest absolute Gasteiger partial charge is 0.496 e. The summed E-state index contributed by atoms with van der Waals surface area (Å²) >= 11 is 6.07. The molecule has 4 nitrogen and oxygen atoms in total. The zero-order chi connectivity index (χ0) is 13.0.